The molecule has 7 heteroatoms. The minimum Gasteiger partial charge on any atom is -0.507 e. The standard InChI is InChI=1S/C23H23N5OS/c1-15-21(18-9-3-5-11-20(18)30)23(27-22(26-15)17-8-6-12-24-13-17)28-25-14-16-7-2-4-10-19(16)29/h2,4,6-8,10,12-14,29-30H,3,5,9,11H2,1H3,(H,26,27,28)/b25-14+. The highest BCUT2D eigenvalue weighted by atomic mass is 32.1. The molecule has 0 spiro atoms. The Hall–Kier alpha value is -3.19. The van der Waals surface area contributed by atoms with Crippen molar-refractivity contribution in [3.63, 3.8) is 0 Å². The second kappa shape index (κ2) is 9.09. The number of nitrogens with zero attached hydrogens (tertiary/aromatic N) is 4. The van der Waals surface area contributed by atoms with Gasteiger partial charge >= 0.3 is 0 Å². The lowest BCUT2D eigenvalue weighted by Crippen LogP contribution is -2.08. The predicted octanol–water partition coefficient (Wildman–Crippen LogP) is 5.21. The van der Waals surface area contributed by atoms with Crippen LogP contribution in [0.4, 0.5) is 5.82 Å². The van der Waals surface area contributed by atoms with Crippen LogP contribution in [0.1, 0.15) is 42.5 Å². The van der Waals surface area contributed by atoms with Crippen molar-refractivity contribution < 1.29 is 5.11 Å². The van der Waals surface area contributed by atoms with Crippen LogP contribution in [0.5, 0.6) is 5.75 Å². The average molecular weight is 418 g/mol. The van der Waals surface area contributed by atoms with Crippen molar-refractivity contribution in [2.24, 2.45) is 5.10 Å². The van der Waals surface area contributed by atoms with E-state index in [4.69, 9.17) is 22.6 Å². The zero-order chi connectivity index (χ0) is 20.9. The molecule has 2 N–H and O–H groups in total. The third-order valence-corrected chi connectivity index (χ3v) is 5.55. The molecule has 0 fully saturated rings. The largest absolute Gasteiger partial charge is 0.507 e. The Labute approximate surface area is 181 Å². The van der Waals surface area contributed by atoms with Gasteiger partial charge in [0.15, 0.2) is 11.6 Å². The number of aryl methyl sites for hydroxylation is 1. The van der Waals surface area contributed by atoms with E-state index in [1.807, 2.05) is 25.1 Å². The lowest BCUT2D eigenvalue weighted by molar-refractivity contribution is 0.474. The summed E-state index contributed by atoms with van der Waals surface area (Å²) < 4.78 is 0. The van der Waals surface area contributed by atoms with E-state index in [9.17, 15) is 5.11 Å². The molecule has 1 aliphatic carbocycles. The van der Waals surface area contributed by atoms with Crippen LogP contribution >= 0.6 is 12.6 Å². The number of hydrogen-bond donors (Lipinski definition) is 3. The molecule has 1 aromatic carbocycles. The summed E-state index contributed by atoms with van der Waals surface area (Å²) >= 11 is 4.73. The van der Waals surface area contributed by atoms with Crippen molar-refractivity contribution in [1.82, 2.24) is 15.0 Å². The van der Waals surface area contributed by atoms with Crippen molar-refractivity contribution >= 4 is 30.2 Å². The van der Waals surface area contributed by atoms with Gasteiger partial charge in [-0.05, 0) is 67.4 Å². The summed E-state index contributed by atoms with van der Waals surface area (Å²) in [4.78, 5) is 14.8. The van der Waals surface area contributed by atoms with Gasteiger partial charge in [-0.1, -0.05) is 12.1 Å². The molecule has 0 bridgehead atoms. The topological polar surface area (TPSA) is 83.3 Å². The maximum Gasteiger partial charge on any atom is 0.163 e. The van der Waals surface area contributed by atoms with Gasteiger partial charge in [-0.15, -0.1) is 12.6 Å². The van der Waals surface area contributed by atoms with Crippen molar-refractivity contribution in [3.8, 4) is 17.1 Å². The summed E-state index contributed by atoms with van der Waals surface area (Å²) in [6.07, 6.45) is 9.20. The molecule has 0 unspecified atom stereocenters. The molecule has 2 heterocycles. The molecule has 1 aliphatic rings. The summed E-state index contributed by atoms with van der Waals surface area (Å²) in [7, 11) is 0. The zero-order valence-electron chi connectivity index (χ0n) is 16.7. The number of nitrogens with one attached hydrogen (secondary N) is 1. The van der Waals surface area contributed by atoms with E-state index < -0.39 is 0 Å². The van der Waals surface area contributed by atoms with Gasteiger partial charge in [0.25, 0.3) is 0 Å². The Bertz CT molecular complexity index is 1110. The molecule has 0 aliphatic heterocycles. The third-order valence-electron chi connectivity index (χ3n) is 5.06. The van der Waals surface area contributed by atoms with Gasteiger partial charge in [0, 0.05) is 29.1 Å². The zero-order valence-corrected chi connectivity index (χ0v) is 17.6. The number of hydrazone groups is 1. The number of aromatic nitrogens is 3. The third kappa shape index (κ3) is 4.36. The molecule has 152 valence electrons. The van der Waals surface area contributed by atoms with Crippen LogP contribution in [0.15, 0.2) is 58.8 Å². The fraction of sp³-hybridized carbons (Fsp3) is 0.217. The van der Waals surface area contributed by atoms with Gasteiger partial charge < -0.3 is 5.11 Å². The smallest absolute Gasteiger partial charge is 0.163 e. The van der Waals surface area contributed by atoms with E-state index in [1.54, 1.807) is 36.8 Å². The number of phenols is 1. The minimum absolute atomic E-state index is 0.172. The molecular weight excluding hydrogens is 394 g/mol. The minimum atomic E-state index is 0.172. The van der Waals surface area contributed by atoms with E-state index in [2.05, 4.69) is 15.5 Å². The molecule has 30 heavy (non-hydrogen) atoms. The van der Waals surface area contributed by atoms with Gasteiger partial charge in [-0.3, -0.25) is 10.4 Å². The Morgan fingerprint density at radius 3 is 2.70 bits per heavy atom. The molecule has 0 atom stereocenters. The highest BCUT2D eigenvalue weighted by Gasteiger charge is 2.20. The second-order valence-corrected chi connectivity index (χ2v) is 7.70. The summed E-state index contributed by atoms with van der Waals surface area (Å²) in [5.41, 5.74) is 7.52. The second-order valence-electron chi connectivity index (χ2n) is 7.16. The van der Waals surface area contributed by atoms with Gasteiger partial charge in [0.05, 0.1) is 11.9 Å². The summed E-state index contributed by atoms with van der Waals surface area (Å²) in [5.74, 6) is 1.38. The van der Waals surface area contributed by atoms with Crippen LogP contribution in [0, 0.1) is 6.92 Å². The van der Waals surface area contributed by atoms with Crippen LogP contribution in [0.25, 0.3) is 17.0 Å². The summed E-state index contributed by atoms with van der Waals surface area (Å²) in [6, 6.07) is 10.8. The van der Waals surface area contributed by atoms with E-state index in [0.29, 0.717) is 17.2 Å². The van der Waals surface area contributed by atoms with Crippen LogP contribution in [0.2, 0.25) is 0 Å². The Morgan fingerprint density at radius 1 is 1.10 bits per heavy atom. The first kappa shape index (κ1) is 20.1. The Kier molecular flexibility index (Phi) is 6.09. The van der Waals surface area contributed by atoms with E-state index >= 15 is 0 Å². The molecule has 2 aromatic heterocycles. The first-order chi connectivity index (χ1) is 14.6. The number of hydrogen-bond acceptors (Lipinski definition) is 7. The van der Waals surface area contributed by atoms with Gasteiger partial charge in [0.1, 0.15) is 5.75 Å². The molecule has 0 amide bonds. The van der Waals surface area contributed by atoms with Gasteiger partial charge in [-0.2, -0.15) is 5.10 Å². The van der Waals surface area contributed by atoms with Crippen molar-refractivity contribution in [1.29, 1.82) is 0 Å². The van der Waals surface area contributed by atoms with Crippen molar-refractivity contribution in [3.05, 3.63) is 70.5 Å². The average Bonchev–Trinajstić information content (AvgIpc) is 2.76. The predicted molar refractivity (Wildman–Crippen MR) is 124 cm³/mol. The first-order valence-corrected chi connectivity index (χ1v) is 10.4. The number of pyridine rings is 1. The summed E-state index contributed by atoms with van der Waals surface area (Å²) in [5, 5.41) is 14.3. The van der Waals surface area contributed by atoms with Crippen LogP contribution in [-0.2, 0) is 0 Å². The first-order valence-electron chi connectivity index (χ1n) is 9.91. The quantitative estimate of drug-likeness (QED) is 0.301. The molecular formula is C23H23N5OS. The number of benzene rings is 1. The molecule has 0 radical (unpaired) electrons. The lowest BCUT2D eigenvalue weighted by Gasteiger charge is -2.21. The lowest BCUT2D eigenvalue weighted by atomic mass is 9.92. The van der Waals surface area contributed by atoms with Crippen LogP contribution in [-0.4, -0.2) is 26.3 Å². The number of thiol groups is 1. The van der Waals surface area contributed by atoms with Crippen LogP contribution in [0.3, 0.4) is 0 Å². The molecule has 3 aromatic rings. The molecule has 4 rings (SSSR count). The number of para-hydroxylation sites is 1. The van der Waals surface area contributed by atoms with Crippen molar-refractivity contribution in [2.75, 3.05) is 5.43 Å². The Balaban J connectivity index is 1.77. The normalized spacial score (nSPS) is 14.3. The van der Waals surface area contributed by atoms with E-state index in [0.717, 1.165) is 47.4 Å². The number of phenolic OH excluding ortho intramolecular Hbond substituents is 1. The van der Waals surface area contributed by atoms with E-state index in [-0.39, 0.29) is 5.75 Å². The fourth-order valence-electron chi connectivity index (χ4n) is 3.56. The number of anilines is 1. The summed E-state index contributed by atoms with van der Waals surface area (Å²) in [6.45, 7) is 1.98. The number of allylic oxidation sites excluding steroid dienone is 2. The molecule has 0 saturated heterocycles. The van der Waals surface area contributed by atoms with E-state index in [1.165, 1.54) is 5.57 Å². The molecule has 0 saturated carbocycles. The molecule has 6 nitrogen and oxygen atoms in total. The van der Waals surface area contributed by atoms with Crippen LogP contribution < -0.4 is 5.43 Å². The Morgan fingerprint density at radius 2 is 1.93 bits per heavy atom. The number of rotatable bonds is 5. The van der Waals surface area contributed by atoms with Crippen molar-refractivity contribution in [2.45, 2.75) is 32.6 Å². The maximum atomic E-state index is 9.97. The monoisotopic (exact) mass is 417 g/mol. The highest BCUT2D eigenvalue weighted by molar-refractivity contribution is 7.84. The SMILES string of the molecule is Cc1nc(-c2cccnc2)nc(N/N=C/c2ccccc2O)c1C1=C(S)CCCC1. The highest BCUT2D eigenvalue weighted by Crippen LogP contribution is 2.38. The fourth-order valence-corrected chi connectivity index (χ4v) is 3.94. The van der Waals surface area contributed by atoms with Gasteiger partial charge in [0.2, 0.25) is 0 Å². The number of aromatic hydroxyl groups is 1. The van der Waals surface area contributed by atoms with Gasteiger partial charge in [-0.25, -0.2) is 9.97 Å². The maximum absolute atomic E-state index is 9.97.